The van der Waals surface area contributed by atoms with Crippen LogP contribution in [0.4, 0.5) is 0 Å². The summed E-state index contributed by atoms with van der Waals surface area (Å²) in [4.78, 5) is 13.1. The van der Waals surface area contributed by atoms with Crippen molar-refractivity contribution in [3.63, 3.8) is 0 Å². The quantitative estimate of drug-likeness (QED) is 0.631. The zero-order valence-electron chi connectivity index (χ0n) is 18.1. The number of amides is 1. The Morgan fingerprint density at radius 3 is 2.30 bits per heavy atom. The van der Waals surface area contributed by atoms with Gasteiger partial charge in [-0.05, 0) is 61.2 Å². The lowest BCUT2D eigenvalue weighted by Gasteiger charge is -2.13. The summed E-state index contributed by atoms with van der Waals surface area (Å²) in [5.41, 5.74) is 5.66. The normalized spacial score (nSPS) is 11.7. The van der Waals surface area contributed by atoms with Crippen molar-refractivity contribution in [2.45, 2.75) is 45.1 Å². The van der Waals surface area contributed by atoms with Crippen LogP contribution in [0.5, 0.6) is 0 Å². The predicted molar refractivity (Wildman–Crippen MR) is 120 cm³/mol. The third-order valence-corrected chi connectivity index (χ3v) is 6.40. The second-order valence-corrected chi connectivity index (χ2v) is 9.98. The fourth-order valence-corrected chi connectivity index (χ4v) is 4.18. The number of nitrogens with zero attached hydrogens (tertiary/aromatic N) is 1. The third kappa shape index (κ3) is 4.65. The van der Waals surface area contributed by atoms with Crippen LogP contribution >= 0.6 is 0 Å². The highest BCUT2D eigenvalue weighted by molar-refractivity contribution is 7.90. The van der Waals surface area contributed by atoms with E-state index in [2.05, 4.69) is 41.9 Å². The van der Waals surface area contributed by atoms with Gasteiger partial charge in [0.2, 0.25) is 0 Å². The minimum atomic E-state index is -3.23. The van der Waals surface area contributed by atoms with Gasteiger partial charge in [0.05, 0.1) is 10.5 Å². The summed E-state index contributed by atoms with van der Waals surface area (Å²) >= 11 is 0. The van der Waals surface area contributed by atoms with Crippen molar-refractivity contribution in [1.29, 1.82) is 0 Å². The molecule has 3 rings (SSSR count). The van der Waals surface area contributed by atoms with Crippen molar-refractivity contribution in [1.82, 2.24) is 9.88 Å². The number of aromatic nitrogens is 1. The minimum Gasteiger partial charge on any atom is -0.348 e. The number of sulfone groups is 1. The van der Waals surface area contributed by atoms with Crippen LogP contribution < -0.4 is 5.32 Å². The van der Waals surface area contributed by atoms with Gasteiger partial charge in [0.15, 0.2) is 9.84 Å². The van der Waals surface area contributed by atoms with Gasteiger partial charge in [-0.1, -0.05) is 38.1 Å². The molecule has 1 amide bonds. The highest BCUT2D eigenvalue weighted by Crippen LogP contribution is 2.24. The molecular weight excluding hydrogens is 396 g/mol. The Hall–Kier alpha value is -2.86. The molecule has 0 fully saturated rings. The summed E-state index contributed by atoms with van der Waals surface area (Å²) in [5.74, 6) is 0.277. The van der Waals surface area contributed by atoms with Gasteiger partial charge in [0, 0.05) is 29.9 Å². The topological polar surface area (TPSA) is 68.2 Å². The van der Waals surface area contributed by atoms with Crippen LogP contribution in [0.1, 0.15) is 52.6 Å². The average molecular weight is 425 g/mol. The number of hydrogen-bond acceptors (Lipinski definition) is 3. The maximum atomic E-state index is 12.8. The van der Waals surface area contributed by atoms with E-state index in [1.165, 1.54) is 11.8 Å². The van der Waals surface area contributed by atoms with Crippen molar-refractivity contribution >= 4 is 15.7 Å². The zero-order chi connectivity index (χ0) is 22.1. The van der Waals surface area contributed by atoms with Crippen molar-refractivity contribution in [3.8, 4) is 5.69 Å². The molecule has 2 aromatic carbocycles. The van der Waals surface area contributed by atoms with Gasteiger partial charge in [0.25, 0.3) is 5.91 Å². The van der Waals surface area contributed by atoms with E-state index in [4.69, 9.17) is 0 Å². The molecule has 1 N–H and O–H groups in total. The molecule has 3 aromatic rings. The first kappa shape index (κ1) is 21.8. The molecule has 0 saturated carbocycles. The second kappa shape index (κ2) is 8.48. The molecule has 0 aliphatic rings. The maximum Gasteiger partial charge on any atom is 0.253 e. The largest absolute Gasteiger partial charge is 0.348 e. The summed E-state index contributed by atoms with van der Waals surface area (Å²) < 4.78 is 25.2. The molecule has 0 unspecified atom stereocenters. The van der Waals surface area contributed by atoms with E-state index in [1.807, 2.05) is 26.0 Å². The summed E-state index contributed by atoms with van der Waals surface area (Å²) in [6.07, 6.45) is 1.18. The van der Waals surface area contributed by atoms with Gasteiger partial charge in [-0.15, -0.1) is 0 Å². The van der Waals surface area contributed by atoms with Gasteiger partial charge < -0.3 is 9.88 Å². The monoisotopic (exact) mass is 424 g/mol. The zero-order valence-corrected chi connectivity index (χ0v) is 18.9. The van der Waals surface area contributed by atoms with Crippen molar-refractivity contribution in [2.75, 3.05) is 6.26 Å². The van der Waals surface area contributed by atoms with Crippen LogP contribution in [0.15, 0.2) is 59.5 Å². The lowest BCUT2D eigenvalue weighted by molar-refractivity contribution is 0.0950. The molecule has 30 heavy (non-hydrogen) atoms. The Morgan fingerprint density at radius 1 is 1.03 bits per heavy atom. The van der Waals surface area contributed by atoms with Crippen molar-refractivity contribution < 1.29 is 13.2 Å². The Morgan fingerprint density at radius 2 is 1.70 bits per heavy atom. The van der Waals surface area contributed by atoms with Gasteiger partial charge in [-0.3, -0.25) is 4.79 Å². The average Bonchev–Trinajstić information content (AvgIpc) is 3.00. The van der Waals surface area contributed by atoms with Crippen LogP contribution in [0.3, 0.4) is 0 Å². The summed E-state index contributed by atoms with van der Waals surface area (Å²) in [6, 6.07) is 16.8. The lowest BCUT2D eigenvalue weighted by atomic mass is 10.0. The SMILES string of the molecule is Cc1cc(C(=O)NCc2ccc(S(C)(=O)=O)cc2)c(C)n1-c1cccc(C(C)C)c1. The molecule has 158 valence electrons. The van der Waals surface area contributed by atoms with Crippen LogP contribution in [-0.4, -0.2) is 25.1 Å². The van der Waals surface area contributed by atoms with E-state index in [0.29, 0.717) is 18.0 Å². The fourth-order valence-electron chi connectivity index (χ4n) is 3.55. The van der Waals surface area contributed by atoms with Crippen molar-refractivity contribution in [3.05, 3.63) is 82.7 Å². The smallest absolute Gasteiger partial charge is 0.253 e. The highest BCUT2D eigenvalue weighted by Gasteiger charge is 2.17. The molecule has 6 heteroatoms. The second-order valence-electron chi connectivity index (χ2n) is 7.97. The predicted octanol–water partition coefficient (Wildman–Crippen LogP) is 4.55. The lowest BCUT2D eigenvalue weighted by Crippen LogP contribution is -2.23. The first-order valence-corrected chi connectivity index (χ1v) is 11.8. The van der Waals surface area contributed by atoms with E-state index in [-0.39, 0.29) is 10.8 Å². The first-order chi connectivity index (χ1) is 14.1. The Kier molecular flexibility index (Phi) is 6.17. The van der Waals surface area contributed by atoms with Gasteiger partial charge >= 0.3 is 0 Å². The maximum absolute atomic E-state index is 12.8. The summed E-state index contributed by atoms with van der Waals surface area (Å²) in [6.45, 7) is 8.60. The number of nitrogens with one attached hydrogen (secondary N) is 1. The number of benzene rings is 2. The number of rotatable bonds is 6. The van der Waals surface area contributed by atoms with E-state index >= 15 is 0 Å². The summed E-state index contributed by atoms with van der Waals surface area (Å²) in [5, 5.41) is 2.93. The molecule has 0 aliphatic carbocycles. The number of aryl methyl sites for hydroxylation is 1. The van der Waals surface area contributed by atoms with E-state index in [1.54, 1.807) is 24.3 Å². The minimum absolute atomic E-state index is 0.151. The van der Waals surface area contributed by atoms with Gasteiger partial charge in [0.1, 0.15) is 0 Å². The van der Waals surface area contributed by atoms with Gasteiger partial charge in [-0.25, -0.2) is 8.42 Å². The molecule has 1 aromatic heterocycles. The Bertz CT molecular complexity index is 1170. The van der Waals surface area contributed by atoms with Crippen LogP contribution in [-0.2, 0) is 16.4 Å². The van der Waals surface area contributed by atoms with Crippen LogP contribution in [0.2, 0.25) is 0 Å². The standard InChI is InChI=1S/C24H28N2O3S/c1-16(2)20-7-6-8-21(14-20)26-17(3)13-23(18(26)4)24(27)25-15-19-9-11-22(12-10-19)30(5,28)29/h6-14,16H,15H2,1-5H3,(H,25,27). The number of carbonyl (C=O) groups excluding carboxylic acids is 1. The molecule has 5 nitrogen and oxygen atoms in total. The van der Waals surface area contributed by atoms with Crippen LogP contribution in [0, 0.1) is 13.8 Å². The molecule has 0 aliphatic heterocycles. The van der Waals surface area contributed by atoms with E-state index < -0.39 is 9.84 Å². The third-order valence-electron chi connectivity index (χ3n) is 5.28. The molecule has 1 heterocycles. The summed E-state index contributed by atoms with van der Waals surface area (Å²) in [7, 11) is -3.23. The van der Waals surface area contributed by atoms with Gasteiger partial charge in [-0.2, -0.15) is 0 Å². The molecular formula is C24H28N2O3S. The molecule has 0 bridgehead atoms. The van der Waals surface area contributed by atoms with Crippen LogP contribution in [0.25, 0.3) is 5.69 Å². The Balaban J connectivity index is 1.79. The fraction of sp³-hybridized carbons (Fsp3) is 0.292. The molecule has 0 saturated heterocycles. The van der Waals surface area contributed by atoms with Crippen molar-refractivity contribution in [2.24, 2.45) is 0 Å². The van der Waals surface area contributed by atoms with E-state index in [0.717, 1.165) is 22.6 Å². The number of carbonyl (C=O) groups is 1. The Labute approximate surface area is 178 Å². The molecule has 0 spiro atoms. The molecule has 0 radical (unpaired) electrons. The molecule has 0 atom stereocenters. The number of hydrogen-bond donors (Lipinski definition) is 1. The highest BCUT2D eigenvalue weighted by atomic mass is 32.2. The van der Waals surface area contributed by atoms with E-state index in [9.17, 15) is 13.2 Å². The first-order valence-electron chi connectivity index (χ1n) is 9.94.